The van der Waals surface area contributed by atoms with E-state index in [1.807, 2.05) is 6.92 Å². The third-order valence-corrected chi connectivity index (χ3v) is 2.11. The lowest BCUT2D eigenvalue weighted by Gasteiger charge is -2.06. The largest absolute Gasteiger partial charge is 0.303 e. The molecular weight excluding hydrogens is 140 g/mol. The third kappa shape index (κ3) is 2.00. The molecule has 1 atom stereocenters. The molecule has 0 aromatic rings. The van der Waals surface area contributed by atoms with Gasteiger partial charge in [-0.15, -0.1) is 0 Å². The molecule has 2 nitrogen and oxygen atoms in total. The van der Waals surface area contributed by atoms with Crippen molar-refractivity contribution in [3.05, 3.63) is 11.6 Å². The fraction of sp³-hybridized carbons (Fsp3) is 0.556. The Hall–Kier alpha value is -0.920. The fourth-order valence-corrected chi connectivity index (χ4v) is 1.43. The van der Waals surface area contributed by atoms with E-state index in [-0.39, 0.29) is 5.78 Å². The smallest absolute Gasteiger partial charge is 0.156 e. The van der Waals surface area contributed by atoms with Crippen LogP contribution in [0.25, 0.3) is 0 Å². The van der Waals surface area contributed by atoms with Crippen LogP contribution in [0.1, 0.15) is 26.2 Å². The predicted octanol–water partition coefficient (Wildman–Crippen LogP) is 1.50. The highest BCUT2D eigenvalue weighted by Gasteiger charge is 2.20. The summed E-state index contributed by atoms with van der Waals surface area (Å²) in [6, 6.07) is 0. The Morgan fingerprint density at radius 2 is 2.45 bits per heavy atom. The van der Waals surface area contributed by atoms with Gasteiger partial charge in [-0.25, -0.2) is 0 Å². The van der Waals surface area contributed by atoms with Crippen molar-refractivity contribution in [2.45, 2.75) is 26.2 Å². The maximum absolute atomic E-state index is 10.9. The average molecular weight is 152 g/mol. The molecule has 1 aliphatic carbocycles. The van der Waals surface area contributed by atoms with Crippen molar-refractivity contribution < 1.29 is 9.59 Å². The first-order valence-electron chi connectivity index (χ1n) is 3.88. The summed E-state index contributed by atoms with van der Waals surface area (Å²) >= 11 is 0. The van der Waals surface area contributed by atoms with Gasteiger partial charge in [-0.2, -0.15) is 0 Å². The SMILES string of the molecule is CC1=CC(=O)CC1CCC=O. The first kappa shape index (κ1) is 8.18. The Morgan fingerprint density at radius 3 is 2.91 bits per heavy atom. The number of hydrogen-bond donors (Lipinski definition) is 0. The Bertz CT molecular complexity index is 204. The molecule has 60 valence electrons. The van der Waals surface area contributed by atoms with Crippen LogP contribution in [0.4, 0.5) is 0 Å². The number of hydrogen-bond acceptors (Lipinski definition) is 2. The zero-order valence-corrected chi connectivity index (χ0v) is 6.67. The molecule has 0 aliphatic heterocycles. The highest BCUT2D eigenvalue weighted by Crippen LogP contribution is 2.26. The molecular formula is C9H12O2. The Morgan fingerprint density at radius 1 is 1.73 bits per heavy atom. The molecule has 0 bridgehead atoms. The molecule has 2 heteroatoms. The van der Waals surface area contributed by atoms with Crippen LogP contribution < -0.4 is 0 Å². The number of ketones is 1. The lowest BCUT2D eigenvalue weighted by Crippen LogP contribution is -1.99. The van der Waals surface area contributed by atoms with Crippen LogP contribution in [0, 0.1) is 5.92 Å². The first-order valence-corrected chi connectivity index (χ1v) is 3.88. The Labute approximate surface area is 66.3 Å². The van der Waals surface area contributed by atoms with Gasteiger partial charge in [0.2, 0.25) is 0 Å². The van der Waals surface area contributed by atoms with Crippen LogP contribution in [0.2, 0.25) is 0 Å². The van der Waals surface area contributed by atoms with E-state index >= 15 is 0 Å². The highest BCUT2D eigenvalue weighted by molar-refractivity contribution is 5.93. The van der Waals surface area contributed by atoms with Gasteiger partial charge >= 0.3 is 0 Å². The van der Waals surface area contributed by atoms with Gasteiger partial charge in [0.1, 0.15) is 6.29 Å². The van der Waals surface area contributed by atoms with Gasteiger partial charge in [0.15, 0.2) is 5.78 Å². The number of carbonyl (C=O) groups is 2. The van der Waals surface area contributed by atoms with Crippen LogP contribution in [0.15, 0.2) is 11.6 Å². The van der Waals surface area contributed by atoms with Crippen molar-refractivity contribution in [1.82, 2.24) is 0 Å². The molecule has 0 saturated carbocycles. The summed E-state index contributed by atoms with van der Waals surface area (Å²) in [5.41, 5.74) is 1.14. The zero-order chi connectivity index (χ0) is 8.27. The number of carbonyl (C=O) groups excluding carboxylic acids is 2. The van der Waals surface area contributed by atoms with Crippen molar-refractivity contribution in [2.24, 2.45) is 5.92 Å². The molecule has 0 heterocycles. The van der Waals surface area contributed by atoms with E-state index in [1.54, 1.807) is 6.08 Å². The van der Waals surface area contributed by atoms with E-state index < -0.39 is 0 Å². The molecule has 0 spiro atoms. The van der Waals surface area contributed by atoms with E-state index in [1.165, 1.54) is 0 Å². The fourth-order valence-electron chi connectivity index (χ4n) is 1.43. The summed E-state index contributed by atoms with van der Waals surface area (Å²) in [6.45, 7) is 1.96. The van der Waals surface area contributed by atoms with Crippen molar-refractivity contribution in [3.8, 4) is 0 Å². The van der Waals surface area contributed by atoms with Gasteiger partial charge in [0.05, 0.1) is 0 Å². The molecule has 1 unspecified atom stereocenters. The van der Waals surface area contributed by atoms with Gasteiger partial charge in [0, 0.05) is 12.8 Å². The lowest BCUT2D eigenvalue weighted by atomic mass is 9.97. The second-order valence-electron chi connectivity index (χ2n) is 3.00. The van der Waals surface area contributed by atoms with E-state index in [0.29, 0.717) is 18.8 Å². The molecule has 0 N–H and O–H groups in total. The summed E-state index contributed by atoms with van der Waals surface area (Å²) < 4.78 is 0. The van der Waals surface area contributed by atoms with Gasteiger partial charge in [0.25, 0.3) is 0 Å². The molecule has 1 aliphatic rings. The average Bonchev–Trinajstić information content (AvgIpc) is 2.26. The van der Waals surface area contributed by atoms with Gasteiger partial charge in [-0.3, -0.25) is 4.79 Å². The molecule has 0 aromatic carbocycles. The summed E-state index contributed by atoms with van der Waals surface area (Å²) in [5, 5.41) is 0. The Kier molecular flexibility index (Phi) is 2.58. The predicted molar refractivity (Wildman–Crippen MR) is 42.2 cm³/mol. The molecule has 11 heavy (non-hydrogen) atoms. The summed E-state index contributed by atoms with van der Waals surface area (Å²) in [7, 11) is 0. The quantitative estimate of drug-likeness (QED) is 0.574. The maximum atomic E-state index is 10.9. The van der Waals surface area contributed by atoms with E-state index in [4.69, 9.17) is 0 Å². The van der Waals surface area contributed by atoms with Gasteiger partial charge in [-0.05, 0) is 25.3 Å². The van der Waals surface area contributed by atoms with Crippen LogP contribution in [-0.4, -0.2) is 12.1 Å². The third-order valence-electron chi connectivity index (χ3n) is 2.11. The summed E-state index contributed by atoms with van der Waals surface area (Å²) in [4.78, 5) is 20.9. The van der Waals surface area contributed by atoms with Gasteiger partial charge in [-0.1, -0.05) is 5.57 Å². The highest BCUT2D eigenvalue weighted by atomic mass is 16.1. The van der Waals surface area contributed by atoms with E-state index in [2.05, 4.69) is 0 Å². The van der Waals surface area contributed by atoms with Crippen LogP contribution >= 0.6 is 0 Å². The Balaban J connectivity index is 2.43. The number of allylic oxidation sites excluding steroid dienone is 2. The normalized spacial score (nSPS) is 23.5. The van der Waals surface area contributed by atoms with Crippen LogP contribution in [0.5, 0.6) is 0 Å². The topological polar surface area (TPSA) is 34.1 Å². The van der Waals surface area contributed by atoms with Crippen molar-refractivity contribution in [1.29, 1.82) is 0 Å². The first-order chi connectivity index (χ1) is 5.24. The second-order valence-corrected chi connectivity index (χ2v) is 3.00. The van der Waals surface area contributed by atoms with Crippen LogP contribution in [-0.2, 0) is 9.59 Å². The summed E-state index contributed by atoms with van der Waals surface area (Å²) in [6.07, 6.45) is 4.62. The number of aldehydes is 1. The van der Waals surface area contributed by atoms with Crippen LogP contribution in [0.3, 0.4) is 0 Å². The zero-order valence-electron chi connectivity index (χ0n) is 6.67. The second kappa shape index (κ2) is 3.46. The van der Waals surface area contributed by atoms with E-state index in [0.717, 1.165) is 18.3 Å². The standard InChI is InChI=1S/C9H12O2/c1-7-5-9(11)6-8(7)3-2-4-10/h4-5,8H,2-3,6H2,1H3. The molecule has 0 fully saturated rings. The molecule has 0 radical (unpaired) electrons. The van der Waals surface area contributed by atoms with Crippen molar-refractivity contribution in [3.63, 3.8) is 0 Å². The summed E-state index contributed by atoms with van der Waals surface area (Å²) in [5.74, 6) is 0.547. The maximum Gasteiger partial charge on any atom is 0.156 e. The molecule has 1 rings (SSSR count). The minimum Gasteiger partial charge on any atom is -0.303 e. The van der Waals surface area contributed by atoms with Crippen molar-refractivity contribution >= 4 is 12.1 Å². The van der Waals surface area contributed by atoms with Crippen molar-refractivity contribution in [2.75, 3.05) is 0 Å². The molecule has 0 amide bonds. The minimum absolute atomic E-state index is 0.207. The number of rotatable bonds is 3. The van der Waals surface area contributed by atoms with E-state index in [9.17, 15) is 9.59 Å². The monoisotopic (exact) mass is 152 g/mol. The minimum atomic E-state index is 0.207. The lowest BCUT2D eigenvalue weighted by molar-refractivity contribution is -0.114. The molecule has 0 aromatic heterocycles. The molecule has 0 saturated heterocycles. The van der Waals surface area contributed by atoms with Gasteiger partial charge < -0.3 is 4.79 Å².